The van der Waals surface area contributed by atoms with Crippen LogP contribution in [0, 0.1) is 0 Å². The van der Waals surface area contributed by atoms with Crippen molar-refractivity contribution in [2.75, 3.05) is 0 Å². The van der Waals surface area contributed by atoms with Gasteiger partial charge >= 0.3 is 0 Å². The number of nitrogens with zero attached hydrogens (tertiary/aromatic N) is 2. The second-order valence-corrected chi connectivity index (χ2v) is 14.4. The fourth-order valence-corrected chi connectivity index (χ4v) is 8.84. The van der Waals surface area contributed by atoms with Crippen molar-refractivity contribution in [1.82, 2.24) is 9.97 Å². The van der Waals surface area contributed by atoms with Gasteiger partial charge in [-0.1, -0.05) is 140 Å². The van der Waals surface area contributed by atoms with Gasteiger partial charge in [-0.3, -0.25) is 0 Å². The third kappa shape index (κ3) is 4.58. The standard InChI is InChI=1S/C48H28N2OS/c1-2-11-32(12-3-1)44-47-45(38-16-8-9-17-43(38)52-47)50-48(49-44)41-28-40-39-27-35(24-25-42(39)51-46(40)37-15-7-6-14-36(37)41)31-20-18-30(19-21-31)34-23-22-29-10-4-5-13-33(29)26-34/h1-28H. The summed E-state index contributed by atoms with van der Waals surface area (Å²) >= 11 is 1.76. The van der Waals surface area contributed by atoms with Gasteiger partial charge < -0.3 is 4.42 Å². The van der Waals surface area contributed by atoms with Crippen LogP contribution in [-0.2, 0) is 0 Å². The third-order valence-corrected chi connectivity index (χ3v) is 11.5. The second kappa shape index (κ2) is 11.5. The molecule has 11 rings (SSSR count). The Hall–Kier alpha value is -6.62. The van der Waals surface area contributed by atoms with E-state index in [-0.39, 0.29) is 0 Å². The first kappa shape index (κ1) is 29.1. The zero-order valence-electron chi connectivity index (χ0n) is 27.9. The smallest absolute Gasteiger partial charge is 0.161 e. The van der Waals surface area contributed by atoms with E-state index < -0.39 is 0 Å². The lowest BCUT2D eigenvalue weighted by atomic mass is 9.96. The van der Waals surface area contributed by atoms with Gasteiger partial charge in [0.2, 0.25) is 0 Å². The molecule has 0 bridgehead atoms. The van der Waals surface area contributed by atoms with E-state index in [2.05, 4.69) is 164 Å². The highest BCUT2D eigenvalue weighted by Gasteiger charge is 2.20. The van der Waals surface area contributed by atoms with Gasteiger partial charge in [0.15, 0.2) is 5.82 Å². The normalized spacial score (nSPS) is 11.8. The van der Waals surface area contributed by atoms with Crippen molar-refractivity contribution in [1.29, 1.82) is 0 Å². The van der Waals surface area contributed by atoms with Crippen molar-refractivity contribution >= 4 is 75.1 Å². The lowest BCUT2D eigenvalue weighted by Gasteiger charge is -2.10. The molecule has 0 saturated carbocycles. The number of furan rings is 1. The lowest BCUT2D eigenvalue weighted by molar-refractivity contribution is 0.673. The maximum Gasteiger partial charge on any atom is 0.161 e. The predicted molar refractivity (Wildman–Crippen MR) is 219 cm³/mol. The Morgan fingerprint density at radius 3 is 1.90 bits per heavy atom. The summed E-state index contributed by atoms with van der Waals surface area (Å²) in [4.78, 5) is 10.7. The predicted octanol–water partition coefficient (Wildman–Crippen LogP) is 13.7. The number of fused-ring (bicyclic) bond motifs is 9. The molecule has 3 aromatic heterocycles. The van der Waals surface area contributed by atoms with Gasteiger partial charge in [0.25, 0.3) is 0 Å². The molecule has 0 aliphatic carbocycles. The molecule has 0 amide bonds. The summed E-state index contributed by atoms with van der Waals surface area (Å²) < 4.78 is 8.94. The van der Waals surface area contributed by atoms with E-state index in [4.69, 9.17) is 14.4 Å². The molecular formula is C48H28N2OS. The second-order valence-electron chi connectivity index (χ2n) is 13.3. The highest BCUT2D eigenvalue weighted by Crippen LogP contribution is 2.43. The van der Waals surface area contributed by atoms with E-state index >= 15 is 0 Å². The number of hydrogen-bond donors (Lipinski definition) is 0. The molecule has 11 aromatic rings. The Bertz CT molecular complexity index is 3180. The molecular weight excluding hydrogens is 653 g/mol. The summed E-state index contributed by atoms with van der Waals surface area (Å²) in [5.41, 5.74) is 10.5. The molecule has 3 nitrogen and oxygen atoms in total. The number of thiophene rings is 1. The van der Waals surface area contributed by atoms with Crippen LogP contribution in [-0.4, -0.2) is 9.97 Å². The van der Waals surface area contributed by atoms with Gasteiger partial charge in [-0.05, 0) is 68.7 Å². The Labute approximate surface area is 303 Å². The van der Waals surface area contributed by atoms with Crippen LogP contribution in [0.5, 0.6) is 0 Å². The van der Waals surface area contributed by atoms with E-state index in [0.29, 0.717) is 5.82 Å². The van der Waals surface area contributed by atoms with Crippen LogP contribution in [0.1, 0.15) is 0 Å². The minimum absolute atomic E-state index is 0.711. The van der Waals surface area contributed by atoms with Crippen molar-refractivity contribution in [2.24, 2.45) is 0 Å². The van der Waals surface area contributed by atoms with Crippen LogP contribution in [0.3, 0.4) is 0 Å². The number of benzene rings is 8. The average Bonchev–Trinajstić information content (AvgIpc) is 3.78. The van der Waals surface area contributed by atoms with E-state index in [1.165, 1.54) is 26.6 Å². The monoisotopic (exact) mass is 680 g/mol. The molecule has 0 aliphatic heterocycles. The third-order valence-electron chi connectivity index (χ3n) is 10.3. The van der Waals surface area contributed by atoms with Gasteiger partial charge in [0, 0.05) is 37.4 Å². The maximum absolute atomic E-state index is 6.63. The lowest BCUT2D eigenvalue weighted by Crippen LogP contribution is -1.94. The fraction of sp³-hybridized carbons (Fsp3) is 0. The van der Waals surface area contributed by atoms with Crippen LogP contribution in [0.2, 0.25) is 0 Å². The van der Waals surface area contributed by atoms with Crippen molar-refractivity contribution in [3.8, 4) is 44.9 Å². The fourth-order valence-electron chi connectivity index (χ4n) is 7.69. The molecule has 0 radical (unpaired) electrons. The Balaban J connectivity index is 1.09. The van der Waals surface area contributed by atoms with Crippen LogP contribution in [0.4, 0.5) is 0 Å². The minimum atomic E-state index is 0.711. The molecule has 0 aliphatic rings. The molecule has 0 fully saturated rings. The van der Waals surface area contributed by atoms with Crippen LogP contribution in [0.15, 0.2) is 174 Å². The largest absolute Gasteiger partial charge is 0.455 e. The van der Waals surface area contributed by atoms with Gasteiger partial charge in [0.05, 0.1) is 15.9 Å². The summed E-state index contributed by atoms with van der Waals surface area (Å²) in [7, 11) is 0. The van der Waals surface area contributed by atoms with Crippen LogP contribution < -0.4 is 0 Å². The van der Waals surface area contributed by atoms with E-state index in [1.807, 2.05) is 6.07 Å². The van der Waals surface area contributed by atoms with Crippen molar-refractivity contribution in [3.05, 3.63) is 170 Å². The van der Waals surface area contributed by atoms with Crippen LogP contribution >= 0.6 is 11.3 Å². The molecule has 52 heavy (non-hydrogen) atoms. The first-order chi connectivity index (χ1) is 25.7. The zero-order chi connectivity index (χ0) is 34.2. The van der Waals surface area contributed by atoms with E-state index in [1.54, 1.807) is 11.3 Å². The molecule has 0 saturated heterocycles. The van der Waals surface area contributed by atoms with Crippen LogP contribution in [0.25, 0.3) is 109 Å². The van der Waals surface area contributed by atoms with E-state index in [9.17, 15) is 0 Å². The Morgan fingerprint density at radius 1 is 0.423 bits per heavy atom. The summed E-state index contributed by atoms with van der Waals surface area (Å²) in [5.74, 6) is 0.711. The summed E-state index contributed by atoms with van der Waals surface area (Å²) in [6.07, 6.45) is 0. The quantitative estimate of drug-likeness (QED) is 0.186. The first-order valence-corrected chi connectivity index (χ1v) is 18.3. The van der Waals surface area contributed by atoms with Gasteiger partial charge in [-0.15, -0.1) is 11.3 Å². The summed E-state index contributed by atoms with van der Waals surface area (Å²) in [6.45, 7) is 0. The SMILES string of the molecule is c1ccc(-c2nc(-c3cc4c5cc(-c6ccc(-c7ccc8ccccc8c7)cc6)ccc5oc4c4ccccc34)nc3c2sc2ccccc23)cc1. The molecule has 0 atom stereocenters. The molecule has 0 spiro atoms. The zero-order valence-corrected chi connectivity index (χ0v) is 28.7. The maximum atomic E-state index is 6.63. The summed E-state index contributed by atoms with van der Waals surface area (Å²) in [5, 5.41) is 7.89. The number of aromatic nitrogens is 2. The highest BCUT2D eigenvalue weighted by molar-refractivity contribution is 7.26. The number of hydrogen-bond acceptors (Lipinski definition) is 4. The van der Waals surface area contributed by atoms with Gasteiger partial charge in [-0.25, -0.2) is 9.97 Å². The van der Waals surface area contributed by atoms with Gasteiger partial charge in [0.1, 0.15) is 11.2 Å². The molecule has 8 aromatic carbocycles. The Kier molecular flexibility index (Phi) is 6.42. The molecule has 3 heterocycles. The molecule has 0 N–H and O–H groups in total. The first-order valence-electron chi connectivity index (χ1n) is 17.5. The van der Waals surface area contributed by atoms with Crippen molar-refractivity contribution < 1.29 is 4.42 Å². The topological polar surface area (TPSA) is 38.9 Å². The van der Waals surface area contributed by atoms with Gasteiger partial charge in [-0.2, -0.15) is 0 Å². The van der Waals surface area contributed by atoms with E-state index in [0.717, 1.165) is 76.3 Å². The molecule has 0 unspecified atom stereocenters. The molecule has 4 heteroatoms. The molecule has 242 valence electrons. The van der Waals surface area contributed by atoms with Crippen molar-refractivity contribution in [3.63, 3.8) is 0 Å². The number of rotatable bonds is 4. The van der Waals surface area contributed by atoms with Crippen molar-refractivity contribution in [2.45, 2.75) is 0 Å². The Morgan fingerprint density at radius 2 is 1.08 bits per heavy atom. The highest BCUT2D eigenvalue weighted by atomic mass is 32.1. The summed E-state index contributed by atoms with van der Waals surface area (Å²) in [6, 6.07) is 60.2. The minimum Gasteiger partial charge on any atom is -0.455 e. The average molecular weight is 681 g/mol.